The van der Waals surface area contributed by atoms with Gasteiger partial charge in [0, 0.05) is 24.4 Å². The Kier molecular flexibility index (Phi) is 4.77. The molecule has 0 saturated carbocycles. The molecule has 0 aromatic carbocycles. The van der Waals surface area contributed by atoms with Gasteiger partial charge in [-0.3, -0.25) is 4.79 Å². The summed E-state index contributed by atoms with van der Waals surface area (Å²) in [5.41, 5.74) is 0. The fourth-order valence-corrected chi connectivity index (χ4v) is 3.09. The maximum atomic E-state index is 12.0. The van der Waals surface area contributed by atoms with E-state index in [2.05, 4.69) is 17.5 Å². The highest BCUT2D eigenvalue weighted by atomic mass is 32.1. The highest BCUT2D eigenvalue weighted by Crippen LogP contribution is 2.17. The number of nitriles is 1. The molecule has 4 heteroatoms. The number of likely N-dealkylation sites (tertiary alicyclic amines) is 1. The number of nitrogens with zero attached hydrogens (tertiary/aromatic N) is 2. The summed E-state index contributed by atoms with van der Waals surface area (Å²) in [4.78, 5) is 15.2. The molecule has 1 atom stereocenters. The van der Waals surface area contributed by atoms with E-state index in [9.17, 15) is 4.79 Å². The maximum absolute atomic E-state index is 12.0. The highest BCUT2D eigenvalue weighted by Gasteiger charge is 2.22. The van der Waals surface area contributed by atoms with Gasteiger partial charge in [0.25, 0.3) is 0 Å². The summed E-state index contributed by atoms with van der Waals surface area (Å²) in [6, 6.07) is 6.43. The van der Waals surface area contributed by atoms with E-state index in [0.717, 1.165) is 32.2 Å². The van der Waals surface area contributed by atoms with Gasteiger partial charge in [0.15, 0.2) is 0 Å². The minimum absolute atomic E-state index is 0.0417. The van der Waals surface area contributed by atoms with Gasteiger partial charge >= 0.3 is 0 Å². The molecule has 2 heterocycles. The van der Waals surface area contributed by atoms with Crippen LogP contribution in [0.1, 0.15) is 30.6 Å². The van der Waals surface area contributed by atoms with Crippen LogP contribution in [0.5, 0.6) is 0 Å². The van der Waals surface area contributed by atoms with Gasteiger partial charge in [0.1, 0.15) is 0 Å². The number of hydrogen-bond acceptors (Lipinski definition) is 3. The normalized spacial score (nSPS) is 19.5. The van der Waals surface area contributed by atoms with Crippen molar-refractivity contribution in [2.75, 3.05) is 13.1 Å². The van der Waals surface area contributed by atoms with Crippen LogP contribution in [0.25, 0.3) is 0 Å². The lowest BCUT2D eigenvalue weighted by molar-refractivity contribution is -0.132. The molecule has 0 aliphatic carbocycles. The van der Waals surface area contributed by atoms with Crippen molar-refractivity contribution in [2.45, 2.75) is 32.1 Å². The number of hydrogen-bond donors (Lipinski definition) is 0. The van der Waals surface area contributed by atoms with Crippen molar-refractivity contribution in [1.82, 2.24) is 4.90 Å². The third kappa shape index (κ3) is 3.58. The van der Waals surface area contributed by atoms with Crippen molar-refractivity contribution in [3.8, 4) is 6.07 Å². The number of carbonyl (C=O) groups is 1. The number of thiophene rings is 1. The minimum Gasteiger partial charge on any atom is -0.341 e. The van der Waals surface area contributed by atoms with Crippen LogP contribution in [-0.2, 0) is 11.2 Å². The van der Waals surface area contributed by atoms with Crippen LogP contribution < -0.4 is 0 Å². The number of aryl methyl sites for hydroxylation is 1. The number of amides is 1. The van der Waals surface area contributed by atoms with Gasteiger partial charge in [-0.25, -0.2) is 0 Å². The summed E-state index contributed by atoms with van der Waals surface area (Å²) in [5, 5.41) is 11.0. The Bertz CT molecular complexity index is 422. The fourth-order valence-electron chi connectivity index (χ4n) is 2.34. The Morgan fingerprint density at radius 2 is 2.50 bits per heavy atom. The van der Waals surface area contributed by atoms with Crippen molar-refractivity contribution < 1.29 is 4.79 Å². The fraction of sp³-hybridized carbons (Fsp3) is 0.571. The maximum Gasteiger partial charge on any atom is 0.222 e. The zero-order valence-electron chi connectivity index (χ0n) is 10.5. The summed E-state index contributed by atoms with van der Waals surface area (Å²) >= 11 is 1.75. The molecule has 1 aromatic heterocycles. The van der Waals surface area contributed by atoms with Gasteiger partial charge in [-0.1, -0.05) is 6.07 Å². The van der Waals surface area contributed by atoms with Crippen molar-refractivity contribution in [3.63, 3.8) is 0 Å². The largest absolute Gasteiger partial charge is 0.341 e. The monoisotopic (exact) mass is 262 g/mol. The molecule has 0 bridgehead atoms. The van der Waals surface area contributed by atoms with Crippen LogP contribution in [0.15, 0.2) is 17.5 Å². The Morgan fingerprint density at radius 3 is 3.22 bits per heavy atom. The Hall–Kier alpha value is -1.34. The van der Waals surface area contributed by atoms with Crippen LogP contribution in [0.2, 0.25) is 0 Å². The molecule has 1 aromatic rings. The minimum atomic E-state index is 0.0417. The standard InChI is InChI=1S/C14H18N2OS/c15-10-12-4-2-8-16(11-12)14(17)7-1-5-13-6-3-9-18-13/h3,6,9,12H,1-2,4-5,7-8,11H2. The lowest BCUT2D eigenvalue weighted by Gasteiger charge is -2.29. The molecule has 2 rings (SSSR count). The predicted octanol–water partition coefficient (Wildman–Crippen LogP) is 2.83. The van der Waals surface area contributed by atoms with Gasteiger partial charge in [0.2, 0.25) is 5.91 Å². The van der Waals surface area contributed by atoms with E-state index in [1.165, 1.54) is 4.88 Å². The van der Waals surface area contributed by atoms with E-state index in [1.807, 2.05) is 11.0 Å². The van der Waals surface area contributed by atoms with Gasteiger partial charge in [-0.2, -0.15) is 5.26 Å². The molecule has 0 N–H and O–H groups in total. The summed E-state index contributed by atoms with van der Waals surface area (Å²) in [5.74, 6) is 0.256. The Balaban J connectivity index is 1.72. The lowest BCUT2D eigenvalue weighted by Crippen LogP contribution is -2.39. The van der Waals surface area contributed by atoms with Gasteiger partial charge in [0.05, 0.1) is 12.0 Å². The van der Waals surface area contributed by atoms with Crippen LogP contribution >= 0.6 is 11.3 Å². The molecule has 1 aliphatic rings. The van der Waals surface area contributed by atoms with E-state index in [4.69, 9.17) is 5.26 Å². The highest BCUT2D eigenvalue weighted by molar-refractivity contribution is 7.09. The summed E-state index contributed by atoms with van der Waals surface area (Å²) in [7, 11) is 0. The van der Waals surface area contributed by atoms with Crippen molar-refractivity contribution in [1.29, 1.82) is 5.26 Å². The predicted molar refractivity (Wildman–Crippen MR) is 72.2 cm³/mol. The van der Waals surface area contributed by atoms with E-state index < -0.39 is 0 Å². The molecule has 3 nitrogen and oxygen atoms in total. The quantitative estimate of drug-likeness (QED) is 0.837. The second-order valence-electron chi connectivity index (χ2n) is 4.74. The first kappa shape index (κ1) is 13.1. The Labute approximate surface area is 112 Å². The first-order valence-corrected chi connectivity index (χ1v) is 7.37. The number of rotatable bonds is 4. The topological polar surface area (TPSA) is 44.1 Å². The average molecular weight is 262 g/mol. The molecule has 1 saturated heterocycles. The van der Waals surface area contributed by atoms with Gasteiger partial charge in [-0.05, 0) is 37.1 Å². The molecule has 96 valence electrons. The first-order chi connectivity index (χ1) is 8.79. The van der Waals surface area contributed by atoms with Gasteiger partial charge < -0.3 is 4.90 Å². The third-order valence-electron chi connectivity index (χ3n) is 3.35. The van der Waals surface area contributed by atoms with E-state index in [0.29, 0.717) is 13.0 Å². The van der Waals surface area contributed by atoms with Crippen molar-refractivity contribution in [2.24, 2.45) is 5.92 Å². The lowest BCUT2D eigenvalue weighted by atomic mass is 9.99. The van der Waals surface area contributed by atoms with Crippen molar-refractivity contribution >= 4 is 17.2 Å². The second-order valence-corrected chi connectivity index (χ2v) is 5.77. The summed E-state index contributed by atoms with van der Waals surface area (Å²) in [6.45, 7) is 1.46. The van der Waals surface area contributed by atoms with Crippen LogP contribution in [0.4, 0.5) is 0 Å². The molecule has 1 unspecified atom stereocenters. The van der Waals surface area contributed by atoms with E-state index in [1.54, 1.807) is 11.3 Å². The molecule has 1 fully saturated rings. The summed E-state index contributed by atoms with van der Waals surface area (Å²) in [6.07, 6.45) is 4.41. The van der Waals surface area contributed by atoms with Crippen molar-refractivity contribution in [3.05, 3.63) is 22.4 Å². The third-order valence-corrected chi connectivity index (χ3v) is 4.29. The smallest absolute Gasteiger partial charge is 0.222 e. The zero-order valence-corrected chi connectivity index (χ0v) is 11.3. The summed E-state index contributed by atoms with van der Waals surface area (Å²) < 4.78 is 0. The van der Waals surface area contributed by atoms with E-state index in [-0.39, 0.29) is 11.8 Å². The molecule has 18 heavy (non-hydrogen) atoms. The molecular weight excluding hydrogens is 244 g/mol. The number of piperidine rings is 1. The SMILES string of the molecule is N#CC1CCCN(C(=O)CCCc2cccs2)C1. The van der Waals surface area contributed by atoms with Crippen LogP contribution in [0.3, 0.4) is 0 Å². The zero-order chi connectivity index (χ0) is 12.8. The molecule has 1 amide bonds. The first-order valence-electron chi connectivity index (χ1n) is 6.49. The number of carbonyl (C=O) groups excluding carboxylic acids is 1. The van der Waals surface area contributed by atoms with E-state index >= 15 is 0 Å². The van der Waals surface area contributed by atoms with Gasteiger partial charge in [-0.15, -0.1) is 11.3 Å². The average Bonchev–Trinajstić information content (AvgIpc) is 2.92. The second kappa shape index (κ2) is 6.55. The Morgan fingerprint density at radius 1 is 1.61 bits per heavy atom. The molecule has 0 spiro atoms. The molecule has 0 radical (unpaired) electrons. The molecular formula is C14H18N2OS. The molecule has 1 aliphatic heterocycles. The van der Waals surface area contributed by atoms with Crippen LogP contribution in [0, 0.1) is 17.2 Å². The van der Waals surface area contributed by atoms with Crippen LogP contribution in [-0.4, -0.2) is 23.9 Å².